The minimum absolute atomic E-state index is 0.386. The predicted octanol–water partition coefficient (Wildman–Crippen LogP) is 3.04. The number of hydrogen-bond donors (Lipinski definition) is 0. The van der Waals surface area contributed by atoms with Gasteiger partial charge in [0.05, 0.1) is 11.2 Å². The highest BCUT2D eigenvalue weighted by Gasteiger charge is 2.13. The van der Waals surface area contributed by atoms with Gasteiger partial charge >= 0.3 is 0 Å². The van der Waals surface area contributed by atoms with Crippen LogP contribution in [0.2, 0.25) is 0 Å². The van der Waals surface area contributed by atoms with E-state index in [9.17, 15) is 0 Å². The van der Waals surface area contributed by atoms with Gasteiger partial charge in [-0.15, -0.1) is 11.3 Å². The van der Waals surface area contributed by atoms with E-state index in [-0.39, 0.29) is 0 Å². The standard InChI is InChI=1S/C9H15NS/c1-7-8(11-6-10-7)5-9(2,3)4/h6H,5H2,1-4H3. The van der Waals surface area contributed by atoms with Crippen LogP contribution in [-0.2, 0) is 6.42 Å². The third kappa shape index (κ3) is 2.62. The van der Waals surface area contributed by atoms with E-state index < -0.39 is 0 Å². The number of nitrogens with zero attached hydrogens (tertiary/aromatic N) is 1. The average Bonchev–Trinajstić information content (AvgIpc) is 2.12. The first-order chi connectivity index (χ1) is 4.99. The average molecular weight is 169 g/mol. The predicted molar refractivity (Wildman–Crippen MR) is 50.0 cm³/mol. The Morgan fingerprint density at radius 2 is 2.09 bits per heavy atom. The van der Waals surface area contributed by atoms with E-state index in [2.05, 4.69) is 32.7 Å². The summed E-state index contributed by atoms with van der Waals surface area (Å²) in [6.07, 6.45) is 1.14. The zero-order valence-corrected chi connectivity index (χ0v) is 8.46. The van der Waals surface area contributed by atoms with E-state index in [1.807, 2.05) is 5.51 Å². The highest BCUT2D eigenvalue weighted by atomic mass is 32.1. The van der Waals surface area contributed by atoms with Gasteiger partial charge in [0.25, 0.3) is 0 Å². The van der Waals surface area contributed by atoms with Crippen molar-refractivity contribution in [2.24, 2.45) is 5.41 Å². The fourth-order valence-corrected chi connectivity index (χ4v) is 2.06. The number of hydrogen-bond acceptors (Lipinski definition) is 2. The molecule has 0 amide bonds. The molecule has 0 aromatic carbocycles. The van der Waals surface area contributed by atoms with Crippen LogP contribution in [0.25, 0.3) is 0 Å². The van der Waals surface area contributed by atoms with Crippen LogP contribution in [0.5, 0.6) is 0 Å². The van der Waals surface area contributed by atoms with E-state index in [4.69, 9.17) is 0 Å². The molecule has 0 aliphatic heterocycles. The fourth-order valence-electron chi connectivity index (χ4n) is 0.978. The third-order valence-corrected chi connectivity index (χ3v) is 2.47. The Labute approximate surface area is 72.5 Å². The Balaban J connectivity index is 2.72. The highest BCUT2D eigenvalue weighted by molar-refractivity contribution is 7.09. The van der Waals surface area contributed by atoms with Crippen LogP contribution in [0.4, 0.5) is 0 Å². The van der Waals surface area contributed by atoms with Crippen molar-refractivity contribution in [3.63, 3.8) is 0 Å². The van der Waals surface area contributed by atoms with Gasteiger partial charge in [-0.05, 0) is 18.8 Å². The Morgan fingerprint density at radius 3 is 2.45 bits per heavy atom. The summed E-state index contributed by atoms with van der Waals surface area (Å²) in [5, 5.41) is 0. The molecule has 0 N–H and O–H groups in total. The Kier molecular flexibility index (Phi) is 2.33. The second kappa shape index (κ2) is 2.94. The summed E-state index contributed by atoms with van der Waals surface area (Å²) < 4.78 is 0. The quantitative estimate of drug-likeness (QED) is 0.629. The van der Waals surface area contributed by atoms with Crippen LogP contribution >= 0.6 is 11.3 Å². The maximum Gasteiger partial charge on any atom is 0.0797 e. The van der Waals surface area contributed by atoms with Crippen molar-refractivity contribution in [2.75, 3.05) is 0 Å². The molecule has 1 heterocycles. The van der Waals surface area contributed by atoms with E-state index in [0.717, 1.165) is 6.42 Å². The van der Waals surface area contributed by atoms with Crippen LogP contribution in [-0.4, -0.2) is 4.98 Å². The van der Waals surface area contributed by atoms with Crippen molar-refractivity contribution >= 4 is 11.3 Å². The largest absolute Gasteiger partial charge is 0.250 e. The van der Waals surface area contributed by atoms with E-state index in [1.54, 1.807) is 11.3 Å². The summed E-state index contributed by atoms with van der Waals surface area (Å²) in [5.74, 6) is 0. The van der Waals surface area contributed by atoms with Gasteiger partial charge in [-0.3, -0.25) is 0 Å². The molecule has 0 saturated carbocycles. The number of aryl methyl sites for hydroxylation is 1. The van der Waals surface area contributed by atoms with E-state index in [0.29, 0.717) is 5.41 Å². The fraction of sp³-hybridized carbons (Fsp3) is 0.667. The summed E-state index contributed by atoms with van der Waals surface area (Å²) in [5.41, 5.74) is 3.51. The zero-order chi connectivity index (χ0) is 8.48. The molecule has 62 valence electrons. The molecule has 1 nitrogen and oxygen atoms in total. The maximum atomic E-state index is 4.22. The van der Waals surface area contributed by atoms with Gasteiger partial charge in [0, 0.05) is 4.88 Å². The normalized spacial score (nSPS) is 12.0. The topological polar surface area (TPSA) is 12.9 Å². The molecule has 0 unspecified atom stereocenters. The molecule has 0 bridgehead atoms. The van der Waals surface area contributed by atoms with Crippen molar-refractivity contribution in [3.8, 4) is 0 Å². The molecule has 2 heteroatoms. The summed E-state index contributed by atoms with van der Waals surface area (Å²) in [7, 11) is 0. The molecule has 0 aliphatic rings. The Hall–Kier alpha value is -0.370. The molecule has 1 aromatic heterocycles. The van der Waals surface area contributed by atoms with Crippen molar-refractivity contribution in [2.45, 2.75) is 34.1 Å². The summed E-state index contributed by atoms with van der Waals surface area (Å²) >= 11 is 1.77. The lowest BCUT2D eigenvalue weighted by Crippen LogP contribution is -2.08. The summed E-state index contributed by atoms with van der Waals surface area (Å²) in [6.45, 7) is 8.85. The first kappa shape index (κ1) is 8.72. The summed E-state index contributed by atoms with van der Waals surface area (Å²) in [6, 6.07) is 0. The molecule has 0 aliphatic carbocycles. The molecule has 1 aromatic rings. The van der Waals surface area contributed by atoms with Gasteiger partial charge in [-0.25, -0.2) is 4.98 Å². The van der Waals surface area contributed by atoms with Crippen molar-refractivity contribution in [3.05, 3.63) is 16.1 Å². The smallest absolute Gasteiger partial charge is 0.0797 e. The van der Waals surface area contributed by atoms with Crippen LogP contribution in [0.15, 0.2) is 5.51 Å². The van der Waals surface area contributed by atoms with Gasteiger partial charge in [0.15, 0.2) is 0 Å². The van der Waals surface area contributed by atoms with Gasteiger partial charge < -0.3 is 0 Å². The molecule has 11 heavy (non-hydrogen) atoms. The monoisotopic (exact) mass is 169 g/mol. The van der Waals surface area contributed by atoms with Crippen molar-refractivity contribution in [1.29, 1.82) is 0 Å². The van der Waals surface area contributed by atoms with Gasteiger partial charge in [-0.1, -0.05) is 20.8 Å². The number of rotatable bonds is 1. The molecule has 0 radical (unpaired) electrons. The lowest BCUT2D eigenvalue weighted by molar-refractivity contribution is 0.413. The second-order valence-corrected chi connectivity index (χ2v) is 5.04. The highest BCUT2D eigenvalue weighted by Crippen LogP contribution is 2.24. The van der Waals surface area contributed by atoms with Crippen molar-refractivity contribution < 1.29 is 0 Å². The molecular weight excluding hydrogens is 154 g/mol. The number of thiazole rings is 1. The van der Waals surface area contributed by atoms with Crippen molar-refractivity contribution in [1.82, 2.24) is 4.98 Å². The minimum atomic E-state index is 0.386. The van der Waals surface area contributed by atoms with Gasteiger partial charge in [-0.2, -0.15) is 0 Å². The molecule has 0 fully saturated rings. The van der Waals surface area contributed by atoms with Gasteiger partial charge in [0.2, 0.25) is 0 Å². The van der Waals surface area contributed by atoms with Gasteiger partial charge in [0.1, 0.15) is 0 Å². The van der Waals surface area contributed by atoms with Crippen LogP contribution < -0.4 is 0 Å². The maximum absolute atomic E-state index is 4.22. The molecule has 0 saturated heterocycles. The first-order valence-electron chi connectivity index (χ1n) is 3.88. The Morgan fingerprint density at radius 1 is 1.45 bits per heavy atom. The second-order valence-electron chi connectivity index (χ2n) is 4.10. The molecule has 0 spiro atoms. The molecule has 0 atom stereocenters. The number of aromatic nitrogens is 1. The van der Waals surface area contributed by atoms with E-state index >= 15 is 0 Å². The molecule has 1 rings (SSSR count). The zero-order valence-electron chi connectivity index (χ0n) is 7.64. The summed E-state index contributed by atoms with van der Waals surface area (Å²) in [4.78, 5) is 5.65. The Bertz CT molecular complexity index is 232. The first-order valence-corrected chi connectivity index (χ1v) is 4.76. The SMILES string of the molecule is Cc1ncsc1CC(C)(C)C. The lowest BCUT2D eigenvalue weighted by atomic mass is 9.91. The minimum Gasteiger partial charge on any atom is -0.250 e. The van der Waals surface area contributed by atoms with E-state index in [1.165, 1.54) is 10.6 Å². The molecular formula is C9H15NS. The third-order valence-electron chi connectivity index (χ3n) is 1.54. The lowest BCUT2D eigenvalue weighted by Gasteiger charge is -2.16. The van der Waals surface area contributed by atoms with Crippen LogP contribution in [0.1, 0.15) is 31.3 Å². The van der Waals surface area contributed by atoms with Crippen LogP contribution in [0.3, 0.4) is 0 Å². The van der Waals surface area contributed by atoms with Crippen LogP contribution in [0, 0.1) is 12.3 Å².